The number of esters is 1. The van der Waals surface area contributed by atoms with Crippen LogP contribution in [0.2, 0.25) is 0 Å². The van der Waals surface area contributed by atoms with E-state index in [1.165, 1.54) is 19.1 Å². The summed E-state index contributed by atoms with van der Waals surface area (Å²) in [5, 5.41) is 10.8. The predicted molar refractivity (Wildman–Crippen MR) is 130 cm³/mol. The number of carbonyl (C=O) groups is 1. The summed E-state index contributed by atoms with van der Waals surface area (Å²) >= 11 is 6.46. The molecule has 3 N–H and O–H groups in total. The minimum absolute atomic E-state index is 0.113. The van der Waals surface area contributed by atoms with E-state index >= 15 is 0 Å². The lowest BCUT2D eigenvalue weighted by atomic mass is 10.00. The smallest absolute Gasteiger partial charge is 0.461 e. The molecule has 200 valence electrons. The lowest BCUT2D eigenvalue weighted by molar-refractivity contribution is -0.156. The van der Waals surface area contributed by atoms with Crippen LogP contribution in [-0.4, -0.2) is 61.5 Å². The fourth-order valence-corrected chi connectivity index (χ4v) is 4.88. The number of hydrogen-bond donors (Lipinski definition) is 2. The highest BCUT2D eigenvalue weighted by molar-refractivity contribution is 7.49. The third-order valence-corrected chi connectivity index (χ3v) is 6.99. The number of para-hydroxylation sites is 1. The van der Waals surface area contributed by atoms with E-state index in [2.05, 4.69) is 15.9 Å². The van der Waals surface area contributed by atoms with Crippen LogP contribution in [0, 0.1) is 12.3 Å². The lowest BCUT2D eigenvalue weighted by Gasteiger charge is -2.25. The number of anilines is 1. The van der Waals surface area contributed by atoms with E-state index in [0.717, 1.165) is 10.9 Å². The zero-order valence-corrected chi connectivity index (χ0v) is 21.7. The van der Waals surface area contributed by atoms with Crippen molar-refractivity contribution in [2.45, 2.75) is 56.3 Å². The second-order valence-corrected chi connectivity index (χ2v) is 10.3. The highest BCUT2D eigenvalue weighted by Crippen LogP contribution is 2.52. The molecule has 1 aliphatic rings. The van der Waals surface area contributed by atoms with Crippen LogP contribution < -0.4 is 15.9 Å². The van der Waals surface area contributed by atoms with Crippen molar-refractivity contribution in [3.05, 3.63) is 47.1 Å². The molecule has 1 fully saturated rings. The number of aliphatic hydroxyl groups is 1. The number of halogens is 1. The number of nitrogens with two attached hydrogens (primary N) is 1. The SMILES string of the molecule is C#C[C@@]1(Cl)C(O)[C@@H](CO[P@](=O)(Oc2ccccc2)O[C@@H](C)C(=O)OC(C)C)O[C@H]1n1cnc(N)nc1=O. The summed E-state index contributed by atoms with van der Waals surface area (Å²) in [6.07, 6.45) is 0.382. The standard InChI is InChI=1S/C22H26ClN4O9P/c1-5-22(23)17(28)16(34-19(22)27-12-25-20(24)26-21(27)30)11-32-37(31,36-15-9-7-6-8-10-15)35-14(4)18(29)33-13(2)3/h1,6-10,12-14,16-17,19,28H,11H2,2-4H3,(H2,24,26,30)/t14-,16+,17?,19+,22+,37-/m0/s1. The van der Waals surface area contributed by atoms with Crippen molar-refractivity contribution in [2.24, 2.45) is 0 Å². The molecule has 0 spiro atoms. The Labute approximate surface area is 217 Å². The molecule has 2 aromatic rings. The second kappa shape index (κ2) is 11.6. The van der Waals surface area contributed by atoms with Crippen LogP contribution in [-0.2, 0) is 27.9 Å². The molecule has 0 radical (unpaired) electrons. The summed E-state index contributed by atoms with van der Waals surface area (Å²) in [4.78, 5) is 29.8. The van der Waals surface area contributed by atoms with E-state index in [-0.39, 0.29) is 11.7 Å². The van der Waals surface area contributed by atoms with E-state index < -0.39 is 61.6 Å². The van der Waals surface area contributed by atoms with Gasteiger partial charge in [-0.2, -0.15) is 4.98 Å². The fraction of sp³-hybridized carbons (Fsp3) is 0.455. The third-order valence-electron chi connectivity index (χ3n) is 4.99. The van der Waals surface area contributed by atoms with Crippen LogP contribution in [0.4, 0.5) is 5.95 Å². The molecule has 0 saturated carbocycles. The average molecular weight is 557 g/mol. The third kappa shape index (κ3) is 6.67. The Hall–Kier alpha value is -2.98. The van der Waals surface area contributed by atoms with Gasteiger partial charge in [-0.15, -0.1) is 6.42 Å². The molecule has 3 rings (SSSR count). The lowest BCUT2D eigenvalue weighted by Crippen LogP contribution is -2.43. The summed E-state index contributed by atoms with van der Waals surface area (Å²) < 4.78 is 41.4. The zero-order chi connectivity index (χ0) is 27.4. The van der Waals surface area contributed by atoms with E-state index in [1.807, 2.05) is 0 Å². The number of phosphoric acid groups is 1. The van der Waals surface area contributed by atoms with Crippen LogP contribution in [0.15, 0.2) is 41.5 Å². The number of aliphatic hydroxyl groups excluding tert-OH is 1. The van der Waals surface area contributed by atoms with Crippen molar-refractivity contribution < 1.29 is 37.5 Å². The number of phosphoric ester groups is 1. The van der Waals surface area contributed by atoms with Gasteiger partial charge >= 0.3 is 19.5 Å². The summed E-state index contributed by atoms with van der Waals surface area (Å²) in [6.45, 7) is 3.95. The highest BCUT2D eigenvalue weighted by Gasteiger charge is 2.56. The minimum Gasteiger partial charge on any atom is -0.461 e. The first-order valence-corrected chi connectivity index (χ1v) is 12.8. The number of benzene rings is 1. The molecule has 1 unspecified atom stereocenters. The van der Waals surface area contributed by atoms with Gasteiger partial charge < -0.3 is 24.8 Å². The monoisotopic (exact) mass is 556 g/mol. The molecule has 13 nitrogen and oxygen atoms in total. The van der Waals surface area contributed by atoms with Gasteiger partial charge in [-0.3, -0.25) is 13.6 Å². The predicted octanol–water partition coefficient (Wildman–Crippen LogP) is 1.65. The Morgan fingerprint density at radius 1 is 1.38 bits per heavy atom. The second-order valence-electron chi connectivity index (χ2n) is 8.17. The number of hydrogen-bond acceptors (Lipinski definition) is 12. The van der Waals surface area contributed by atoms with Crippen LogP contribution >= 0.6 is 19.4 Å². The summed E-state index contributed by atoms with van der Waals surface area (Å²) in [5.74, 6) is 1.23. The molecule has 6 atom stereocenters. The number of rotatable bonds is 10. The summed E-state index contributed by atoms with van der Waals surface area (Å²) in [6, 6.07) is 7.91. The number of alkyl halides is 1. The first-order valence-electron chi connectivity index (χ1n) is 11.0. The Balaban J connectivity index is 1.83. The fourth-order valence-electron chi connectivity index (χ4n) is 3.25. The normalized spacial score (nSPS) is 25.7. The number of ether oxygens (including phenoxy) is 2. The average Bonchev–Trinajstić information content (AvgIpc) is 3.08. The van der Waals surface area contributed by atoms with Crippen molar-refractivity contribution >= 4 is 31.3 Å². The Morgan fingerprint density at radius 3 is 2.65 bits per heavy atom. The molecule has 1 aromatic heterocycles. The van der Waals surface area contributed by atoms with Crippen LogP contribution in [0.25, 0.3) is 0 Å². The highest BCUT2D eigenvalue weighted by atomic mass is 35.5. The van der Waals surface area contributed by atoms with Crippen molar-refractivity contribution in [2.75, 3.05) is 12.3 Å². The molecule has 2 heterocycles. The van der Waals surface area contributed by atoms with Crippen LogP contribution in [0.5, 0.6) is 5.75 Å². The van der Waals surface area contributed by atoms with Gasteiger partial charge in [-0.05, 0) is 32.9 Å². The number of terminal acetylenes is 1. The Bertz CT molecular complexity index is 1250. The summed E-state index contributed by atoms with van der Waals surface area (Å²) in [5.41, 5.74) is 4.53. The van der Waals surface area contributed by atoms with Gasteiger partial charge in [0, 0.05) is 0 Å². The maximum absolute atomic E-state index is 13.5. The Morgan fingerprint density at radius 2 is 2.05 bits per heavy atom. The molecular formula is C22H26ClN4O9P. The number of nitrogens with zero attached hydrogens (tertiary/aromatic N) is 3. The molecule has 1 aromatic carbocycles. The van der Waals surface area contributed by atoms with E-state index in [9.17, 15) is 19.3 Å². The van der Waals surface area contributed by atoms with Crippen molar-refractivity contribution in [1.29, 1.82) is 0 Å². The number of carbonyl (C=O) groups excluding carboxylic acids is 1. The van der Waals surface area contributed by atoms with Crippen molar-refractivity contribution in [1.82, 2.24) is 14.5 Å². The molecule has 1 saturated heterocycles. The van der Waals surface area contributed by atoms with Crippen LogP contribution in [0.1, 0.15) is 27.0 Å². The maximum atomic E-state index is 13.5. The van der Waals surface area contributed by atoms with Gasteiger partial charge in [0.25, 0.3) is 0 Å². The van der Waals surface area contributed by atoms with Gasteiger partial charge in [-0.25, -0.2) is 19.1 Å². The molecule has 37 heavy (non-hydrogen) atoms. The maximum Gasteiger partial charge on any atom is 0.530 e. The van der Waals surface area contributed by atoms with E-state index in [0.29, 0.717) is 0 Å². The Kier molecular flexibility index (Phi) is 8.96. The number of nitrogen functional groups attached to an aromatic ring is 1. The largest absolute Gasteiger partial charge is 0.530 e. The van der Waals surface area contributed by atoms with Crippen molar-refractivity contribution in [3.8, 4) is 18.1 Å². The molecule has 1 aliphatic heterocycles. The molecule has 0 amide bonds. The van der Waals surface area contributed by atoms with Gasteiger partial charge in [0.1, 0.15) is 24.3 Å². The quantitative estimate of drug-likeness (QED) is 0.188. The first-order chi connectivity index (χ1) is 17.4. The molecule has 0 bridgehead atoms. The van der Waals surface area contributed by atoms with Crippen molar-refractivity contribution in [3.63, 3.8) is 0 Å². The minimum atomic E-state index is -4.53. The van der Waals surface area contributed by atoms with E-state index in [1.54, 1.807) is 32.0 Å². The molecule has 0 aliphatic carbocycles. The zero-order valence-electron chi connectivity index (χ0n) is 20.1. The molecular weight excluding hydrogens is 531 g/mol. The first kappa shape index (κ1) is 28.6. The topological polar surface area (TPSA) is 174 Å². The van der Waals surface area contributed by atoms with Gasteiger partial charge in [-0.1, -0.05) is 35.7 Å². The van der Waals surface area contributed by atoms with Gasteiger partial charge in [0.15, 0.2) is 17.2 Å². The van der Waals surface area contributed by atoms with E-state index in [4.69, 9.17) is 46.8 Å². The summed E-state index contributed by atoms with van der Waals surface area (Å²) in [7, 11) is -4.53. The molecule has 15 heteroatoms. The van der Waals surface area contributed by atoms with Crippen LogP contribution in [0.3, 0.4) is 0 Å². The number of aromatic nitrogens is 3. The van der Waals surface area contributed by atoms with Gasteiger partial charge in [0.05, 0.1) is 12.7 Å². The van der Waals surface area contributed by atoms with Gasteiger partial charge in [0.2, 0.25) is 5.95 Å².